The Bertz CT molecular complexity index is 1100. The molecule has 0 aliphatic carbocycles. The van der Waals surface area contributed by atoms with Crippen LogP contribution in [0.15, 0.2) is 84.9 Å². The fourth-order valence-electron chi connectivity index (χ4n) is 3.46. The summed E-state index contributed by atoms with van der Waals surface area (Å²) in [6.45, 7) is 2.67. The molecule has 3 rings (SSSR count). The van der Waals surface area contributed by atoms with Crippen molar-refractivity contribution in [1.82, 2.24) is 10.6 Å². The number of amides is 2. The summed E-state index contributed by atoms with van der Waals surface area (Å²) in [5.74, 6) is -0.825. The molecule has 188 valence electrons. The summed E-state index contributed by atoms with van der Waals surface area (Å²) in [4.78, 5) is 37.4. The van der Waals surface area contributed by atoms with E-state index in [1.165, 1.54) is 0 Å². The fraction of sp³-hybridized carbons (Fsp3) is 0.276. The third kappa shape index (κ3) is 9.25. The Kier molecular flexibility index (Phi) is 10.5. The lowest BCUT2D eigenvalue weighted by Gasteiger charge is -2.18. The topological polar surface area (TPSA) is 93.7 Å². The quantitative estimate of drug-likeness (QED) is 0.278. The normalized spacial score (nSPS) is 11.2. The molecule has 3 aromatic carbocycles. The third-order valence-corrected chi connectivity index (χ3v) is 5.53. The van der Waals surface area contributed by atoms with Gasteiger partial charge in [0.05, 0.1) is 0 Å². The molecule has 0 aliphatic rings. The van der Waals surface area contributed by atoms with Crippen molar-refractivity contribution in [3.05, 3.63) is 107 Å². The number of unbranched alkanes of at least 4 members (excludes halogenated alkanes) is 1. The zero-order chi connectivity index (χ0) is 25.6. The molecule has 0 heterocycles. The van der Waals surface area contributed by atoms with Crippen molar-refractivity contribution < 1.29 is 23.9 Å². The van der Waals surface area contributed by atoms with Gasteiger partial charge < -0.3 is 20.1 Å². The fourth-order valence-corrected chi connectivity index (χ4v) is 3.46. The lowest BCUT2D eigenvalue weighted by Crippen LogP contribution is -2.42. The van der Waals surface area contributed by atoms with E-state index in [4.69, 9.17) is 9.47 Å². The molecular formula is C29H32N2O5. The maximum absolute atomic E-state index is 12.8. The summed E-state index contributed by atoms with van der Waals surface area (Å²) in [5.41, 5.74) is 3.30. The molecule has 2 amide bonds. The van der Waals surface area contributed by atoms with Gasteiger partial charge in [-0.1, -0.05) is 78.4 Å². The highest BCUT2D eigenvalue weighted by Crippen LogP contribution is 2.09. The summed E-state index contributed by atoms with van der Waals surface area (Å²) in [7, 11) is 0. The summed E-state index contributed by atoms with van der Waals surface area (Å²) < 4.78 is 10.7. The van der Waals surface area contributed by atoms with Gasteiger partial charge in [-0.15, -0.1) is 0 Å². The second kappa shape index (κ2) is 14.3. The Hall–Kier alpha value is -4.13. The highest BCUT2D eigenvalue weighted by Gasteiger charge is 2.23. The zero-order valence-corrected chi connectivity index (χ0v) is 20.4. The first kappa shape index (κ1) is 26.5. The van der Waals surface area contributed by atoms with Gasteiger partial charge in [-0.2, -0.15) is 0 Å². The molecule has 0 bridgehead atoms. The van der Waals surface area contributed by atoms with Crippen molar-refractivity contribution in [2.24, 2.45) is 0 Å². The highest BCUT2D eigenvalue weighted by molar-refractivity contribution is 5.96. The number of ether oxygens (including phenoxy) is 2. The number of hydrogen-bond donors (Lipinski definition) is 2. The molecule has 1 atom stereocenters. The molecule has 0 spiro atoms. The molecule has 1 unspecified atom stereocenters. The van der Waals surface area contributed by atoms with Gasteiger partial charge in [0, 0.05) is 12.1 Å². The van der Waals surface area contributed by atoms with Crippen molar-refractivity contribution in [2.75, 3.05) is 6.54 Å². The summed E-state index contributed by atoms with van der Waals surface area (Å²) in [6, 6.07) is 25.2. The Morgan fingerprint density at radius 1 is 0.750 bits per heavy atom. The van der Waals surface area contributed by atoms with Gasteiger partial charge in [-0.25, -0.2) is 9.59 Å². The van der Waals surface area contributed by atoms with Crippen molar-refractivity contribution in [2.45, 2.75) is 45.4 Å². The molecule has 3 aromatic rings. The predicted molar refractivity (Wildman–Crippen MR) is 137 cm³/mol. The summed E-state index contributed by atoms with van der Waals surface area (Å²) >= 11 is 0. The van der Waals surface area contributed by atoms with Gasteiger partial charge in [0.2, 0.25) is 0 Å². The number of rotatable bonds is 12. The van der Waals surface area contributed by atoms with Crippen LogP contribution in [0.25, 0.3) is 0 Å². The Morgan fingerprint density at radius 3 is 1.94 bits per heavy atom. The van der Waals surface area contributed by atoms with Crippen molar-refractivity contribution >= 4 is 18.0 Å². The first-order valence-electron chi connectivity index (χ1n) is 12.0. The molecule has 0 fully saturated rings. The van der Waals surface area contributed by atoms with E-state index in [9.17, 15) is 14.4 Å². The van der Waals surface area contributed by atoms with Gasteiger partial charge in [0.25, 0.3) is 5.91 Å². The van der Waals surface area contributed by atoms with E-state index in [0.717, 1.165) is 16.7 Å². The van der Waals surface area contributed by atoms with Crippen molar-refractivity contribution in [3.8, 4) is 0 Å². The first-order chi connectivity index (χ1) is 17.5. The number of aryl methyl sites for hydroxylation is 1. The average molecular weight is 489 g/mol. The van der Waals surface area contributed by atoms with Crippen molar-refractivity contribution in [3.63, 3.8) is 0 Å². The van der Waals surface area contributed by atoms with Crippen LogP contribution in [-0.4, -0.2) is 30.6 Å². The van der Waals surface area contributed by atoms with E-state index in [-0.39, 0.29) is 19.1 Å². The molecule has 0 saturated heterocycles. The third-order valence-electron chi connectivity index (χ3n) is 5.53. The van der Waals surface area contributed by atoms with E-state index in [1.54, 1.807) is 12.1 Å². The zero-order valence-electron chi connectivity index (χ0n) is 20.4. The maximum Gasteiger partial charge on any atom is 0.407 e. The van der Waals surface area contributed by atoms with Gasteiger partial charge >= 0.3 is 12.1 Å². The maximum atomic E-state index is 12.8. The van der Waals surface area contributed by atoms with Crippen LogP contribution in [-0.2, 0) is 27.5 Å². The summed E-state index contributed by atoms with van der Waals surface area (Å²) in [6.07, 6.45) is 1.10. The van der Waals surface area contributed by atoms with Crippen LogP contribution in [0.4, 0.5) is 4.79 Å². The molecular weight excluding hydrogens is 456 g/mol. The number of esters is 1. The van der Waals surface area contributed by atoms with E-state index >= 15 is 0 Å². The largest absolute Gasteiger partial charge is 0.459 e. The Balaban J connectivity index is 1.46. The standard InChI is InChI=1S/C29H32N2O5/c1-22-15-17-25(18-16-22)27(32)31-26(28(33)35-20-23-10-4-2-5-11-23)14-8-9-19-30-29(34)36-21-24-12-6-3-7-13-24/h2-7,10-13,15-18,26H,8-9,14,19-21H2,1H3,(H,30,34)(H,31,32). The molecule has 2 N–H and O–H groups in total. The first-order valence-corrected chi connectivity index (χ1v) is 12.0. The van der Waals surface area contributed by atoms with Crippen LogP contribution in [0, 0.1) is 6.92 Å². The predicted octanol–water partition coefficient (Wildman–Crippen LogP) is 4.93. The van der Waals surface area contributed by atoms with Gasteiger partial charge in [-0.3, -0.25) is 4.79 Å². The van der Waals surface area contributed by atoms with Crippen LogP contribution < -0.4 is 10.6 Å². The SMILES string of the molecule is Cc1ccc(C(=O)NC(CCCCNC(=O)OCc2ccccc2)C(=O)OCc2ccccc2)cc1. The van der Waals surface area contributed by atoms with Crippen LogP contribution in [0.5, 0.6) is 0 Å². The molecule has 0 aromatic heterocycles. The second-order valence-electron chi connectivity index (χ2n) is 8.47. The molecule has 0 radical (unpaired) electrons. The van der Waals surface area contributed by atoms with Gasteiger partial charge in [0.15, 0.2) is 0 Å². The lowest BCUT2D eigenvalue weighted by molar-refractivity contribution is -0.147. The van der Waals surface area contributed by atoms with Crippen LogP contribution >= 0.6 is 0 Å². The number of benzene rings is 3. The Labute approximate surface area is 211 Å². The van der Waals surface area contributed by atoms with Crippen molar-refractivity contribution in [1.29, 1.82) is 0 Å². The molecule has 36 heavy (non-hydrogen) atoms. The van der Waals surface area contributed by atoms with Crippen LogP contribution in [0.3, 0.4) is 0 Å². The minimum atomic E-state index is -0.799. The van der Waals surface area contributed by atoms with Gasteiger partial charge in [0.1, 0.15) is 19.3 Å². The number of carbonyl (C=O) groups excluding carboxylic acids is 3. The summed E-state index contributed by atoms with van der Waals surface area (Å²) in [5, 5.41) is 5.51. The Morgan fingerprint density at radius 2 is 1.33 bits per heavy atom. The van der Waals surface area contributed by atoms with Gasteiger partial charge in [-0.05, 0) is 49.4 Å². The number of alkyl carbamates (subject to hydrolysis) is 1. The van der Waals surface area contributed by atoms with E-state index in [1.807, 2.05) is 79.7 Å². The molecule has 7 nitrogen and oxygen atoms in total. The number of carbonyl (C=O) groups is 3. The highest BCUT2D eigenvalue weighted by atomic mass is 16.5. The monoisotopic (exact) mass is 488 g/mol. The molecule has 7 heteroatoms. The van der Waals surface area contributed by atoms with E-state index in [2.05, 4.69) is 10.6 Å². The van der Waals surface area contributed by atoms with Crippen LogP contribution in [0.2, 0.25) is 0 Å². The minimum absolute atomic E-state index is 0.130. The second-order valence-corrected chi connectivity index (χ2v) is 8.47. The average Bonchev–Trinajstić information content (AvgIpc) is 2.91. The molecule has 0 saturated carbocycles. The van der Waals surface area contributed by atoms with E-state index in [0.29, 0.717) is 31.4 Å². The number of nitrogens with one attached hydrogen (secondary N) is 2. The molecule has 0 aliphatic heterocycles. The minimum Gasteiger partial charge on any atom is -0.459 e. The van der Waals surface area contributed by atoms with Crippen LogP contribution in [0.1, 0.15) is 46.3 Å². The lowest BCUT2D eigenvalue weighted by atomic mass is 10.1. The number of hydrogen-bond acceptors (Lipinski definition) is 5. The smallest absolute Gasteiger partial charge is 0.407 e. The van der Waals surface area contributed by atoms with E-state index < -0.39 is 18.1 Å².